The van der Waals surface area contributed by atoms with E-state index in [9.17, 15) is 18.0 Å². The molecule has 1 unspecified atom stereocenters. The number of rotatable bonds is 6. The van der Waals surface area contributed by atoms with Crippen LogP contribution in [0.3, 0.4) is 0 Å². The number of nitrogens with zero attached hydrogens (tertiary/aromatic N) is 2. The first kappa shape index (κ1) is 20.8. The second kappa shape index (κ2) is 8.05. The smallest absolute Gasteiger partial charge is 0.350 e. The van der Waals surface area contributed by atoms with E-state index >= 15 is 0 Å². The second-order valence-corrected chi connectivity index (χ2v) is 6.94. The molecule has 0 saturated heterocycles. The zero-order valence-corrected chi connectivity index (χ0v) is 15.3. The van der Waals surface area contributed by atoms with Gasteiger partial charge in [0, 0.05) is 23.7 Å². The third-order valence-electron chi connectivity index (χ3n) is 3.21. The van der Waals surface area contributed by atoms with E-state index in [1.807, 2.05) is 27.7 Å². The van der Waals surface area contributed by atoms with E-state index in [4.69, 9.17) is 4.84 Å². The summed E-state index contributed by atoms with van der Waals surface area (Å²) >= 11 is 0. The summed E-state index contributed by atoms with van der Waals surface area (Å²) in [6.45, 7) is 7.87. The van der Waals surface area contributed by atoms with Crippen LogP contribution < -0.4 is 10.8 Å². The van der Waals surface area contributed by atoms with Gasteiger partial charge in [0.25, 0.3) is 5.91 Å². The molecule has 7 nitrogen and oxygen atoms in total. The summed E-state index contributed by atoms with van der Waals surface area (Å²) in [5.41, 5.74) is 3.14. The van der Waals surface area contributed by atoms with Crippen LogP contribution in [0.5, 0.6) is 0 Å². The van der Waals surface area contributed by atoms with E-state index in [1.54, 1.807) is 0 Å². The van der Waals surface area contributed by atoms with E-state index < -0.39 is 12.1 Å². The van der Waals surface area contributed by atoms with E-state index in [0.717, 1.165) is 0 Å². The minimum absolute atomic E-state index is 0.118. The first-order valence-corrected chi connectivity index (χ1v) is 8.19. The Kier molecular flexibility index (Phi) is 6.22. The van der Waals surface area contributed by atoms with Crippen molar-refractivity contribution in [1.29, 1.82) is 0 Å². The van der Waals surface area contributed by atoms with Gasteiger partial charge in [-0.15, -0.1) is 0 Å². The maximum absolute atomic E-state index is 12.5. The van der Waals surface area contributed by atoms with Crippen LogP contribution in [-0.4, -0.2) is 34.2 Å². The Morgan fingerprint density at radius 1 is 1.22 bits per heavy atom. The Morgan fingerprint density at radius 2 is 1.85 bits per heavy atom. The van der Waals surface area contributed by atoms with Crippen LogP contribution in [0.25, 0.3) is 11.4 Å². The lowest BCUT2D eigenvalue weighted by Gasteiger charge is -2.23. The van der Waals surface area contributed by atoms with Gasteiger partial charge in [0.2, 0.25) is 5.82 Å². The maximum Gasteiger partial charge on any atom is 0.471 e. The molecule has 2 aromatic rings. The third-order valence-corrected chi connectivity index (χ3v) is 3.21. The molecule has 1 atom stereocenters. The molecule has 0 aliphatic carbocycles. The number of hydrogen-bond donors (Lipinski definition) is 2. The number of nitrogens with one attached hydrogen (secondary N) is 2. The van der Waals surface area contributed by atoms with Crippen LogP contribution in [0, 0.1) is 0 Å². The number of hydroxylamine groups is 1. The summed E-state index contributed by atoms with van der Waals surface area (Å²) in [5.74, 6) is -1.94. The van der Waals surface area contributed by atoms with Gasteiger partial charge in [-0.3, -0.25) is 9.63 Å². The molecule has 2 N–H and O–H groups in total. The number of alkyl halides is 3. The van der Waals surface area contributed by atoms with E-state index in [2.05, 4.69) is 25.5 Å². The zero-order chi connectivity index (χ0) is 20.2. The second-order valence-electron chi connectivity index (χ2n) is 6.94. The molecule has 0 aliphatic rings. The number of benzene rings is 1. The van der Waals surface area contributed by atoms with E-state index in [-0.39, 0.29) is 23.4 Å². The lowest BCUT2D eigenvalue weighted by molar-refractivity contribution is -0.159. The summed E-state index contributed by atoms with van der Waals surface area (Å²) in [7, 11) is 0. The van der Waals surface area contributed by atoms with Crippen LogP contribution in [0.15, 0.2) is 28.8 Å². The van der Waals surface area contributed by atoms with Crippen molar-refractivity contribution in [2.24, 2.45) is 0 Å². The van der Waals surface area contributed by atoms with Gasteiger partial charge in [0.15, 0.2) is 0 Å². The topological polar surface area (TPSA) is 89.3 Å². The summed E-state index contributed by atoms with van der Waals surface area (Å²) < 4.78 is 41.7. The van der Waals surface area contributed by atoms with Crippen molar-refractivity contribution in [3.8, 4) is 11.4 Å². The third kappa shape index (κ3) is 6.33. The molecular weight excluding hydrogens is 365 g/mol. The zero-order valence-electron chi connectivity index (χ0n) is 15.3. The summed E-state index contributed by atoms with van der Waals surface area (Å²) in [5, 5.41) is 6.04. The van der Waals surface area contributed by atoms with Crippen molar-refractivity contribution in [2.45, 2.75) is 45.5 Å². The Balaban J connectivity index is 1.92. The molecule has 10 heteroatoms. The predicted molar refractivity (Wildman–Crippen MR) is 90.5 cm³/mol. The number of amides is 1. The fraction of sp³-hybridized carbons (Fsp3) is 0.471. The van der Waals surface area contributed by atoms with Gasteiger partial charge >= 0.3 is 12.1 Å². The fourth-order valence-corrected chi connectivity index (χ4v) is 1.89. The molecule has 1 aromatic carbocycles. The number of hydrogen-bond acceptors (Lipinski definition) is 6. The number of carbonyl (C=O) groups is 1. The molecular formula is C17H21F3N4O3. The van der Waals surface area contributed by atoms with Gasteiger partial charge in [-0.2, -0.15) is 23.6 Å². The molecule has 1 aromatic heterocycles. The number of aromatic nitrogens is 2. The molecule has 2 rings (SSSR count). The fourth-order valence-electron chi connectivity index (χ4n) is 1.89. The minimum atomic E-state index is -4.70. The van der Waals surface area contributed by atoms with Crippen molar-refractivity contribution >= 4 is 5.91 Å². The SMILES string of the molecule is CC(CNC(=O)c1ccc(-c2noc(C(F)(F)F)n2)cc1)NOC(C)(C)C. The summed E-state index contributed by atoms with van der Waals surface area (Å²) in [6, 6.07) is 5.72. The lowest BCUT2D eigenvalue weighted by atomic mass is 10.1. The van der Waals surface area contributed by atoms with Gasteiger partial charge in [-0.25, -0.2) is 0 Å². The highest BCUT2D eigenvalue weighted by Gasteiger charge is 2.38. The van der Waals surface area contributed by atoms with Crippen LogP contribution in [-0.2, 0) is 11.0 Å². The summed E-state index contributed by atoms with van der Waals surface area (Å²) in [6.07, 6.45) is -4.70. The van der Waals surface area contributed by atoms with Crippen LogP contribution >= 0.6 is 0 Å². The molecule has 0 spiro atoms. The lowest BCUT2D eigenvalue weighted by Crippen LogP contribution is -2.42. The quantitative estimate of drug-likeness (QED) is 0.741. The van der Waals surface area contributed by atoms with Gasteiger partial charge in [-0.05, 0) is 39.8 Å². The predicted octanol–water partition coefficient (Wildman–Crippen LogP) is 3.19. The molecule has 1 heterocycles. The molecule has 0 saturated carbocycles. The Morgan fingerprint density at radius 3 is 2.37 bits per heavy atom. The summed E-state index contributed by atoms with van der Waals surface area (Å²) in [4.78, 5) is 20.9. The van der Waals surface area contributed by atoms with Gasteiger partial charge in [0.05, 0.1) is 5.60 Å². The van der Waals surface area contributed by atoms with Crippen molar-refractivity contribution < 1.29 is 27.3 Å². The number of halogens is 3. The first-order chi connectivity index (χ1) is 12.5. The first-order valence-electron chi connectivity index (χ1n) is 8.19. The number of carbonyl (C=O) groups excluding carboxylic acids is 1. The molecule has 148 valence electrons. The minimum Gasteiger partial charge on any atom is -0.350 e. The van der Waals surface area contributed by atoms with Crippen molar-refractivity contribution in [1.82, 2.24) is 20.9 Å². The van der Waals surface area contributed by atoms with Crippen molar-refractivity contribution in [3.63, 3.8) is 0 Å². The van der Waals surface area contributed by atoms with Crippen molar-refractivity contribution in [3.05, 3.63) is 35.7 Å². The van der Waals surface area contributed by atoms with E-state index in [1.165, 1.54) is 24.3 Å². The van der Waals surface area contributed by atoms with E-state index in [0.29, 0.717) is 17.7 Å². The maximum atomic E-state index is 12.5. The molecule has 0 fully saturated rings. The molecule has 0 bridgehead atoms. The highest BCUT2D eigenvalue weighted by atomic mass is 19.4. The average molecular weight is 386 g/mol. The van der Waals surface area contributed by atoms with Crippen LogP contribution in [0.2, 0.25) is 0 Å². The van der Waals surface area contributed by atoms with Gasteiger partial charge < -0.3 is 9.84 Å². The Bertz CT molecular complexity index is 767. The highest BCUT2D eigenvalue weighted by molar-refractivity contribution is 5.94. The standard InChI is InChI=1S/C17H21F3N4O3/c1-10(23-27-16(2,3)4)9-21-14(25)12-7-5-11(6-8-12)13-22-15(26-24-13)17(18,19)20/h5-8,10,23H,9H2,1-4H3,(H,21,25). The molecule has 0 radical (unpaired) electrons. The normalized spacial score (nSPS) is 13.4. The van der Waals surface area contributed by atoms with Gasteiger partial charge in [-0.1, -0.05) is 17.3 Å². The highest BCUT2D eigenvalue weighted by Crippen LogP contribution is 2.29. The molecule has 0 aliphatic heterocycles. The van der Waals surface area contributed by atoms with Gasteiger partial charge in [0.1, 0.15) is 0 Å². The Hall–Kier alpha value is -2.46. The molecule has 1 amide bonds. The van der Waals surface area contributed by atoms with Crippen LogP contribution in [0.4, 0.5) is 13.2 Å². The Labute approximate surface area is 154 Å². The average Bonchev–Trinajstić information content (AvgIpc) is 3.08. The van der Waals surface area contributed by atoms with Crippen LogP contribution in [0.1, 0.15) is 43.9 Å². The monoisotopic (exact) mass is 386 g/mol. The largest absolute Gasteiger partial charge is 0.471 e. The molecule has 27 heavy (non-hydrogen) atoms. The van der Waals surface area contributed by atoms with Crippen molar-refractivity contribution in [2.75, 3.05) is 6.54 Å².